The number of aromatic nitrogens is 4. The van der Waals surface area contributed by atoms with E-state index in [-0.39, 0.29) is 18.0 Å². The molecule has 0 radical (unpaired) electrons. The van der Waals surface area contributed by atoms with Crippen molar-refractivity contribution in [2.45, 2.75) is 38.3 Å². The molecule has 0 bridgehead atoms. The van der Waals surface area contributed by atoms with Crippen molar-refractivity contribution >= 4 is 34.5 Å². The Morgan fingerprint density at radius 3 is 2.78 bits per heavy atom. The third-order valence-corrected chi connectivity index (χ3v) is 7.14. The minimum absolute atomic E-state index is 0.151. The Hall–Kier alpha value is -2.71. The Morgan fingerprint density at radius 2 is 1.97 bits per heavy atom. The zero-order valence-corrected chi connectivity index (χ0v) is 18.8. The molecule has 3 aromatic rings. The van der Waals surface area contributed by atoms with Crippen LogP contribution in [0.5, 0.6) is 0 Å². The number of fused-ring (bicyclic) bond motifs is 2. The standard InChI is InChI=1S/C23H25ClN6O2/c1-14-25-22(28-9-10-29-15(12-28)6-7-19(29)31)20-23(26-14)30(16-8-11-32-13-16)21(27-20)17-4-2-3-5-18(17)24/h2-5,15-16H,6-13H2,1H3/t15?,16-/m1/s1. The van der Waals surface area contributed by atoms with Crippen LogP contribution in [0.2, 0.25) is 5.02 Å². The van der Waals surface area contributed by atoms with Gasteiger partial charge >= 0.3 is 0 Å². The molecule has 5 heterocycles. The monoisotopic (exact) mass is 452 g/mol. The van der Waals surface area contributed by atoms with Crippen LogP contribution in [0.25, 0.3) is 22.6 Å². The zero-order valence-electron chi connectivity index (χ0n) is 18.0. The predicted molar refractivity (Wildman–Crippen MR) is 122 cm³/mol. The van der Waals surface area contributed by atoms with E-state index >= 15 is 0 Å². The number of carbonyl (C=O) groups excluding carboxylic acids is 1. The van der Waals surface area contributed by atoms with Crippen molar-refractivity contribution < 1.29 is 9.53 Å². The SMILES string of the molecule is Cc1nc(N2CCN3C(=O)CCC3C2)c2nc(-c3ccccc3Cl)n([C@@H]3CCOC3)c2n1. The van der Waals surface area contributed by atoms with Crippen LogP contribution in [0.3, 0.4) is 0 Å². The van der Waals surface area contributed by atoms with E-state index in [2.05, 4.69) is 9.47 Å². The highest BCUT2D eigenvalue weighted by Crippen LogP contribution is 2.37. The van der Waals surface area contributed by atoms with Crippen molar-refractivity contribution in [1.29, 1.82) is 0 Å². The minimum Gasteiger partial charge on any atom is -0.379 e. The number of benzene rings is 1. The number of nitrogens with zero attached hydrogens (tertiary/aromatic N) is 6. The van der Waals surface area contributed by atoms with Gasteiger partial charge in [-0.1, -0.05) is 23.7 Å². The lowest BCUT2D eigenvalue weighted by Crippen LogP contribution is -2.51. The normalized spacial score (nSPS) is 23.4. The van der Waals surface area contributed by atoms with Crippen molar-refractivity contribution in [3.8, 4) is 11.4 Å². The highest BCUT2D eigenvalue weighted by molar-refractivity contribution is 6.33. The molecule has 1 amide bonds. The number of hydrogen-bond donors (Lipinski definition) is 0. The molecular formula is C23H25ClN6O2. The molecule has 0 N–H and O–H groups in total. The summed E-state index contributed by atoms with van der Waals surface area (Å²) in [6.45, 7) is 5.52. The number of imidazole rings is 1. The predicted octanol–water partition coefficient (Wildman–Crippen LogP) is 3.23. The van der Waals surface area contributed by atoms with Crippen molar-refractivity contribution in [3.63, 3.8) is 0 Å². The molecule has 0 saturated carbocycles. The van der Waals surface area contributed by atoms with Crippen LogP contribution >= 0.6 is 11.6 Å². The van der Waals surface area contributed by atoms with E-state index in [1.807, 2.05) is 36.1 Å². The maximum atomic E-state index is 12.1. The molecule has 2 aromatic heterocycles. The average molecular weight is 453 g/mol. The molecule has 8 nitrogen and oxygen atoms in total. The number of amides is 1. The Morgan fingerprint density at radius 1 is 1.09 bits per heavy atom. The van der Waals surface area contributed by atoms with Gasteiger partial charge in [-0.05, 0) is 31.9 Å². The molecule has 1 unspecified atom stereocenters. The van der Waals surface area contributed by atoms with Crippen molar-refractivity contribution in [3.05, 3.63) is 35.1 Å². The summed E-state index contributed by atoms with van der Waals surface area (Å²) in [5.41, 5.74) is 2.49. The molecule has 3 aliphatic heterocycles. The molecule has 2 atom stereocenters. The Kier molecular flexibility index (Phi) is 4.80. The van der Waals surface area contributed by atoms with Gasteiger partial charge in [-0.15, -0.1) is 0 Å². The van der Waals surface area contributed by atoms with E-state index in [1.165, 1.54) is 0 Å². The number of aryl methyl sites for hydroxylation is 1. The topological polar surface area (TPSA) is 76.4 Å². The second kappa shape index (κ2) is 7.71. The lowest BCUT2D eigenvalue weighted by atomic mass is 10.1. The van der Waals surface area contributed by atoms with Crippen molar-refractivity contribution in [1.82, 2.24) is 24.4 Å². The summed E-state index contributed by atoms with van der Waals surface area (Å²) in [5.74, 6) is 2.63. The van der Waals surface area contributed by atoms with E-state index in [4.69, 9.17) is 31.3 Å². The van der Waals surface area contributed by atoms with E-state index in [1.54, 1.807) is 0 Å². The number of carbonyl (C=O) groups is 1. The molecule has 9 heteroatoms. The van der Waals surface area contributed by atoms with E-state index < -0.39 is 0 Å². The summed E-state index contributed by atoms with van der Waals surface area (Å²) in [7, 11) is 0. The van der Waals surface area contributed by atoms with Crippen LogP contribution in [0.1, 0.15) is 31.1 Å². The fourth-order valence-corrected chi connectivity index (χ4v) is 5.47. The van der Waals surface area contributed by atoms with Gasteiger partial charge in [0.25, 0.3) is 0 Å². The van der Waals surface area contributed by atoms with Gasteiger partial charge in [-0.2, -0.15) is 0 Å². The first-order valence-corrected chi connectivity index (χ1v) is 11.6. The van der Waals surface area contributed by atoms with Gasteiger partial charge < -0.3 is 19.1 Å². The van der Waals surface area contributed by atoms with Crippen molar-refractivity contribution in [2.24, 2.45) is 0 Å². The number of ether oxygens (including phenoxy) is 1. The summed E-state index contributed by atoms with van der Waals surface area (Å²) >= 11 is 6.59. The third kappa shape index (κ3) is 3.16. The summed E-state index contributed by atoms with van der Waals surface area (Å²) in [5, 5.41) is 0.660. The summed E-state index contributed by atoms with van der Waals surface area (Å²) < 4.78 is 7.90. The number of anilines is 1. The first-order chi connectivity index (χ1) is 15.6. The van der Waals surface area contributed by atoms with Crippen LogP contribution in [-0.4, -0.2) is 69.2 Å². The first-order valence-electron chi connectivity index (χ1n) is 11.2. The Balaban J connectivity index is 1.51. The Labute approximate surface area is 191 Å². The molecule has 1 aromatic carbocycles. The van der Waals surface area contributed by atoms with Gasteiger partial charge in [0.05, 0.1) is 17.7 Å². The number of piperazine rings is 1. The van der Waals surface area contributed by atoms with Crippen LogP contribution in [0, 0.1) is 6.92 Å². The lowest BCUT2D eigenvalue weighted by molar-refractivity contribution is -0.129. The van der Waals surface area contributed by atoms with Gasteiger partial charge in [0, 0.05) is 44.3 Å². The molecule has 32 heavy (non-hydrogen) atoms. The molecule has 3 fully saturated rings. The number of hydrogen-bond acceptors (Lipinski definition) is 6. The molecule has 166 valence electrons. The number of rotatable bonds is 3. The highest BCUT2D eigenvalue weighted by atomic mass is 35.5. The lowest BCUT2D eigenvalue weighted by Gasteiger charge is -2.38. The maximum Gasteiger partial charge on any atom is 0.223 e. The molecular weight excluding hydrogens is 428 g/mol. The fraction of sp³-hybridized carbons (Fsp3) is 0.478. The number of halogens is 1. The minimum atomic E-state index is 0.151. The maximum absolute atomic E-state index is 12.1. The zero-order chi connectivity index (χ0) is 21.8. The highest BCUT2D eigenvalue weighted by Gasteiger charge is 2.37. The molecule has 3 aliphatic rings. The van der Waals surface area contributed by atoms with Crippen LogP contribution in [-0.2, 0) is 9.53 Å². The van der Waals surface area contributed by atoms with Crippen molar-refractivity contribution in [2.75, 3.05) is 37.7 Å². The van der Waals surface area contributed by atoms with Gasteiger partial charge in [-0.25, -0.2) is 15.0 Å². The molecule has 6 rings (SSSR count). The van der Waals surface area contributed by atoms with E-state index in [0.29, 0.717) is 23.9 Å². The molecule has 0 aliphatic carbocycles. The van der Waals surface area contributed by atoms with Gasteiger partial charge in [0.2, 0.25) is 5.91 Å². The summed E-state index contributed by atoms with van der Waals surface area (Å²) in [4.78, 5) is 31.2. The van der Waals surface area contributed by atoms with Crippen LogP contribution in [0.4, 0.5) is 5.82 Å². The first kappa shape index (κ1) is 19.9. The average Bonchev–Trinajstić information content (AvgIpc) is 3.52. The summed E-state index contributed by atoms with van der Waals surface area (Å²) in [6, 6.07) is 8.19. The summed E-state index contributed by atoms with van der Waals surface area (Å²) in [6.07, 6.45) is 2.45. The van der Waals surface area contributed by atoms with Gasteiger partial charge in [0.1, 0.15) is 11.6 Å². The van der Waals surface area contributed by atoms with E-state index in [9.17, 15) is 4.79 Å². The van der Waals surface area contributed by atoms with Crippen LogP contribution in [0.15, 0.2) is 24.3 Å². The molecule has 3 saturated heterocycles. The largest absolute Gasteiger partial charge is 0.379 e. The molecule has 0 spiro atoms. The second-order valence-electron chi connectivity index (χ2n) is 8.79. The quantitative estimate of drug-likeness (QED) is 0.607. The van der Waals surface area contributed by atoms with Gasteiger partial charge in [-0.3, -0.25) is 4.79 Å². The Bertz CT molecular complexity index is 1200. The fourth-order valence-electron chi connectivity index (χ4n) is 5.25. The smallest absolute Gasteiger partial charge is 0.223 e. The van der Waals surface area contributed by atoms with E-state index in [0.717, 1.165) is 67.5 Å². The second-order valence-corrected chi connectivity index (χ2v) is 9.20. The van der Waals surface area contributed by atoms with Gasteiger partial charge in [0.15, 0.2) is 17.0 Å². The third-order valence-electron chi connectivity index (χ3n) is 6.81. The van der Waals surface area contributed by atoms with Crippen LogP contribution < -0.4 is 4.90 Å².